The maximum absolute atomic E-state index is 14.0. The van der Waals surface area contributed by atoms with Gasteiger partial charge >= 0.3 is 12.1 Å². The number of nitrogens with zero attached hydrogens (tertiary/aromatic N) is 5. The Morgan fingerprint density at radius 2 is 2.00 bits per heavy atom. The number of aliphatic hydroxyl groups is 1. The van der Waals surface area contributed by atoms with Crippen LogP contribution in [0.2, 0.25) is 0 Å². The van der Waals surface area contributed by atoms with Gasteiger partial charge in [-0.3, -0.25) is 19.7 Å². The van der Waals surface area contributed by atoms with Gasteiger partial charge in [0.15, 0.2) is 6.04 Å². The summed E-state index contributed by atoms with van der Waals surface area (Å²) in [6.45, 7) is 2.49. The molecule has 4 heterocycles. The first-order valence-corrected chi connectivity index (χ1v) is 15.5. The monoisotopic (exact) mass is 632 g/mol. The highest BCUT2D eigenvalue weighted by molar-refractivity contribution is 8.03. The van der Waals surface area contributed by atoms with Crippen LogP contribution >= 0.6 is 11.8 Å². The highest BCUT2D eigenvalue weighted by Crippen LogP contribution is 2.47. The van der Waals surface area contributed by atoms with E-state index in [4.69, 9.17) is 4.74 Å². The number of thioether (sulfide) groups is 1. The zero-order chi connectivity index (χ0) is 32.1. The number of non-ortho nitro benzene ring substituents is 1. The molecule has 0 saturated carbocycles. The highest BCUT2D eigenvalue weighted by Gasteiger charge is 2.57. The zero-order valence-electron chi connectivity index (χ0n) is 25.2. The predicted molar refractivity (Wildman–Crippen MR) is 158 cm³/mol. The van der Waals surface area contributed by atoms with Gasteiger partial charge in [0.25, 0.3) is 11.6 Å². The number of carboxylic acid groups (broad SMARTS) is 1. The number of aliphatic hydroxyl groups excluding tert-OH is 1. The highest BCUT2D eigenvalue weighted by atomic mass is 32.2. The fourth-order valence-corrected chi connectivity index (χ4v) is 8.39. The molecule has 4 aliphatic heterocycles. The topological polar surface area (TPSA) is 171 Å². The van der Waals surface area contributed by atoms with Gasteiger partial charge in [-0.25, -0.2) is 9.28 Å². The standard InChI is InChI=1S/C29H37N5O9S/c1-16(35)22-9-18(33(41)42)6-5-17(22)15-43-29(40)34(4)14-21(12-23(34)27(37)31-8-7-19(13-31)30(2)3)44-24-10-20-11-25(36)32(20)26(24)28(38)39/h5-6,9,16,19-21,23,35H,7-8,10-15H2,1-4H3/p+1/t16-,19+,20-,21+,23+,34-/m1/s1. The molecule has 3 amide bonds. The van der Waals surface area contributed by atoms with Crippen LogP contribution < -0.4 is 0 Å². The van der Waals surface area contributed by atoms with Gasteiger partial charge in [-0.1, -0.05) is 0 Å². The summed E-state index contributed by atoms with van der Waals surface area (Å²) in [5, 5.41) is 31.0. The number of carbonyl (C=O) groups is 4. The number of hydrogen-bond acceptors (Lipinski definition) is 10. The van der Waals surface area contributed by atoms with Crippen molar-refractivity contribution in [3.8, 4) is 0 Å². The quantitative estimate of drug-likeness (QED) is 0.177. The van der Waals surface area contributed by atoms with E-state index in [2.05, 4.69) is 4.90 Å². The summed E-state index contributed by atoms with van der Waals surface area (Å²) in [4.78, 5) is 68.5. The minimum absolute atomic E-state index is 0.0139. The maximum Gasteiger partial charge on any atom is 0.516 e. The number of hydrogen-bond donors (Lipinski definition) is 2. The summed E-state index contributed by atoms with van der Waals surface area (Å²) in [5.41, 5.74) is 0.455. The number of quaternary nitrogens is 1. The Kier molecular flexibility index (Phi) is 8.77. The number of benzene rings is 1. The number of aliphatic carboxylic acids is 1. The summed E-state index contributed by atoms with van der Waals surface area (Å²) in [7, 11) is 5.57. The van der Waals surface area contributed by atoms with E-state index in [-0.39, 0.29) is 63.7 Å². The summed E-state index contributed by atoms with van der Waals surface area (Å²) in [5.74, 6) is -1.57. The van der Waals surface area contributed by atoms with Crippen molar-refractivity contribution in [2.24, 2.45) is 0 Å². The normalized spacial score (nSPS) is 28.7. The van der Waals surface area contributed by atoms with Gasteiger partial charge in [-0.15, -0.1) is 11.8 Å². The molecule has 3 saturated heterocycles. The van der Waals surface area contributed by atoms with Crippen LogP contribution in [0, 0.1) is 10.1 Å². The number of carbonyl (C=O) groups excluding carboxylic acids is 3. The van der Waals surface area contributed by atoms with E-state index in [0.717, 1.165) is 6.42 Å². The number of ether oxygens (including phenoxy) is 1. The average molecular weight is 633 g/mol. The van der Waals surface area contributed by atoms with Gasteiger partial charge in [0.2, 0.25) is 5.91 Å². The molecule has 4 aliphatic rings. The zero-order valence-corrected chi connectivity index (χ0v) is 26.0. The number of fused-ring (bicyclic) bond motifs is 1. The number of carboxylic acids is 1. The molecule has 14 nitrogen and oxygen atoms in total. The van der Waals surface area contributed by atoms with E-state index in [1.54, 1.807) is 11.9 Å². The number of β-lactam (4-membered cyclic amide) rings is 1. The Labute approximate surface area is 258 Å². The Bertz CT molecular complexity index is 1430. The third-order valence-corrected chi connectivity index (χ3v) is 10.6. The smallest absolute Gasteiger partial charge is 0.477 e. The van der Waals surface area contributed by atoms with E-state index in [0.29, 0.717) is 42.8 Å². The van der Waals surface area contributed by atoms with Gasteiger partial charge < -0.3 is 29.6 Å². The van der Waals surface area contributed by atoms with Gasteiger partial charge in [-0.2, -0.15) is 4.79 Å². The molecule has 0 aliphatic carbocycles. The van der Waals surface area contributed by atoms with E-state index < -0.39 is 29.1 Å². The van der Waals surface area contributed by atoms with Crippen LogP contribution in [0.1, 0.15) is 49.8 Å². The Balaban J connectivity index is 1.39. The van der Waals surface area contributed by atoms with E-state index in [1.165, 1.54) is 41.8 Å². The Morgan fingerprint density at radius 3 is 2.59 bits per heavy atom. The van der Waals surface area contributed by atoms with Crippen molar-refractivity contribution in [2.45, 2.75) is 68.7 Å². The van der Waals surface area contributed by atoms with Crippen LogP contribution in [0.5, 0.6) is 0 Å². The fraction of sp³-hybridized carbons (Fsp3) is 0.586. The summed E-state index contributed by atoms with van der Waals surface area (Å²) >= 11 is 1.32. The van der Waals surface area contributed by atoms with Crippen molar-refractivity contribution < 1.29 is 43.5 Å². The molecule has 3 fully saturated rings. The van der Waals surface area contributed by atoms with Crippen molar-refractivity contribution in [3.63, 3.8) is 0 Å². The number of nitro groups is 1. The van der Waals surface area contributed by atoms with Crippen LogP contribution in [0.4, 0.5) is 10.5 Å². The van der Waals surface area contributed by atoms with Crippen molar-refractivity contribution in [3.05, 3.63) is 50.0 Å². The number of nitro benzene ring substituents is 1. The first-order valence-electron chi connectivity index (χ1n) is 14.6. The molecular formula is C29H38N5O9S+. The molecule has 1 aromatic rings. The van der Waals surface area contributed by atoms with Crippen LogP contribution in [-0.4, -0.2) is 122 Å². The molecule has 0 spiro atoms. The van der Waals surface area contributed by atoms with Crippen LogP contribution in [0.15, 0.2) is 28.8 Å². The van der Waals surface area contributed by atoms with E-state index in [9.17, 15) is 39.5 Å². The van der Waals surface area contributed by atoms with Gasteiger partial charge in [0.1, 0.15) is 18.8 Å². The molecule has 6 atom stereocenters. The van der Waals surface area contributed by atoms with Gasteiger partial charge in [0, 0.05) is 55.4 Å². The summed E-state index contributed by atoms with van der Waals surface area (Å²) in [6.07, 6.45) is 0.134. The lowest BCUT2D eigenvalue weighted by molar-refractivity contribution is -0.841. The molecule has 0 unspecified atom stereocenters. The molecule has 2 N–H and O–H groups in total. The second-order valence-electron chi connectivity index (χ2n) is 12.4. The molecule has 1 aromatic carbocycles. The van der Waals surface area contributed by atoms with Gasteiger partial charge in [-0.05, 0) is 44.6 Å². The first-order chi connectivity index (χ1) is 20.7. The lowest BCUT2D eigenvalue weighted by Gasteiger charge is -2.34. The minimum atomic E-state index is -1.17. The summed E-state index contributed by atoms with van der Waals surface area (Å²) in [6, 6.07) is 3.21. The van der Waals surface area contributed by atoms with Crippen LogP contribution in [0.25, 0.3) is 0 Å². The first kappa shape index (κ1) is 31.9. The summed E-state index contributed by atoms with van der Waals surface area (Å²) < 4.78 is 5.39. The lowest BCUT2D eigenvalue weighted by atomic mass is 10.0. The Hall–Kier alpha value is -3.53. The lowest BCUT2D eigenvalue weighted by Crippen LogP contribution is -2.59. The molecule has 5 rings (SSSR count). The molecular weight excluding hydrogens is 594 g/mol. The molecule has 0 aromatic heterocycles. The molecule has 15 heteroatoms. The average Bonchev–Trinajstić information content (AvgIpc) is 3.66. The van der Waals surface area contributed by atoms with Crippen molar-refractivity contribution in [2.75, 3.05) is 40.8 Å². The fourth-order valence-electron chi connectivity index (χ4n) is 6.74. The number of amides is 3. The van der Waals surface area contributed by atoms with Crippen LogP contribution in [-0.2, 0) is 25.7 Å². The molecule has 44 heavy (non-hydrogen) atoms. The third kappa shape index (κ3) is 5.80. The number of likely N-dealkylation sites (N-methyl/N-ethyl adjacent to an activating group) is 2. The molecule has 0 radical (unpaired) electrons. The van der Waals surface area contributed by atoms with Crippen molar-refractivity contribution >= 4 is 41.3 Å². The molecule has 0 bridgehead atoms. The molecule has 238 valence electrons. The van der Waals surface area contributed by atoms with Crippen LogP contribution in [0.3, 0.4) is 0 Å². The second kappa shape index (κ2) is 12.1. The minimum Gasteiger partial charge on any atom is -0.477 e. The number of likely N-dealkylation sites (tertiary alicyclic amines) is 2. The second-order valence-corrected chi connectivity index (χ2v) is 13.8. The SMILES string of the molecule is C[C@@H](O)c1cc([N+](=O)[O-])ccc1COC(=O)[N@+]1(C)C[C@@H](SC2=C(C(=O)O)N3C(=O)C[C@H]3C2)C[C@H]1C(=O)N1CC[C@H](N(C)C)C1. The largest absolute Gasteiger partial charge is 0.516 e. The maximum atomic E-state index is 14.0. The van der Waals surface area contributed by atoms with E-state index >= 15 is 0 Å². The third-order valence-electron chi connectivity index (χ3n) is 9.29. The number of rotatable bonds is 9. The van der Waals surface area contributed by atoms with Crippen molar-refractivity contribution in [1.82, 2.24) is 14.7 Å². The van der Waals surface area contributed by atoms with E-state index in [1.807, 2.05) is 14.1 Å². The predicted octanol–water partition coefficient (Wildman–Crippen LogP) is 2.07. The Morgan fingerprint density at radius 1 is 1.27 bits per heavy atom. The van der Waals surface area contributed by atoms with Gasteiger partial charge in [0.05, 0.1) is 29.4 Å². The van der Waals surface area contributed by atoms with Crippen molar-refractivity contribution in [1.29, 1.82) is 0 Å².